The fourth-order valence-electron chi connectivity index (χ4n) is 3.26. The van der Waals surface area contributed by atoms with E-state index in [9.17, 15) is 0 Å². The lowest BCUT2D eigenvalue weighted by Crippen LogP contribution is -2.49. The van der Waals surface area contributed by atoms with Crippen LogP contribution in [-0.4, -0.2) is 24.0 Å². The third-order valence-electron chi connectivity index (χ3n) is 4.48. The van der Waals surface area contributed by atoms with Gasteiger partial charge in [-0.1, -0.05) is 51.1 Å². The van der Waals surface area contributed by atoms with Crippen molar-refractivity contribution in [1.82, 2.24) is 4.90 Å². The topological polar surface area (TPSA) is 29.3 Å². The molecule has 2 heteroatoms. The van der Waals surface area contributed by atoms with Crippen LogP contribution >= 0.6 is 0 Å². The lowest BCUT2D eigenvalue weighted by atomic mass is 9.87. The van der Waals surface area contributed by atoms with Crippen LogP contribution in [0.5, 0.6) is 0 Å². The maximum atomic E-state index is 6.56. The molecular weight excluding hydrogens is 232 g/mol. The molecule has 0 bridgehead atoms. The van der Waals surface area contributed by atoms with E-state index in [1.165, 1.54) is 31.5 Å². The molecule has 2 nitrogen and oxygen atoms in total. The van der Waals surface area contributed by atoms with Crippen LogP contribution in [-0.2, 0) is 0 Å². The van der Waals surface area contributed by atoms with E-state index < -0.39 is 0 Å². The summed E-state index contributed by atoms with van der Waals surface area (Å²) in [5, 5.41) is 0. The minimum atomic E-state index is 0.120. The van der Waals surface area contributed by atoms with Gasteiger partial charge in [-0.05, 0) is 43.3 Å². The minimum absolute atomic E-state index is 0.120. The van der Waals surface area contributed by atoms with Crippen molar-refractivity contribution >= 4 is 0 Å². The van der Waals surface area contributed by atoms with Gasteiger partial charge in [0, 0.05) is 12.1 Å². The zero-order valence-corrected chi connectivity index (χ0v) is 12.5. The third kappa shape index (κ3) is 3.58. The van der Waals surface area contributed by atoms with Crippen LogP contribution in [0, 0.1) is 11.8 Å². The summed E-state index contributed by atoms with van der Waals surface area (Å²) >= 11 is 0. The Hall–Kier alpha value is -0.860. The Labute approximate surface area is 118 Å². The Bertz CT molecular complexity index is 366. The number of piperidine rings is 1. The molecule has 0 amide bonds. The van der Waals surface area contributed by atoms with Gasteiger partial charge in [-0.2, -0.15) is 0 Å². The van der Waals surface area contributed by atoms with Crippen molar-refractivity contribution in [3.63, 3.8) is 0 Å². The molecule has 1 aromatic carbocycles. The highest BCUT2D eigenvalue weighted by Crippen LogP contribution is 2.28. The maximum absolute atomic E-state index is 6.56. The molecule has 1 fully saturated rings. The van der Waals surface area contributed by atoms with Crippen molar-refractivity contribution in [2.75, 3.05) is 13.1 Å². The van der Waals surface area contributed by atoms with Gasteiger partial charge in [0.05, 0.1) is 0 Å². The predicted molar refractivity (Wildman–Crippen MR) is 82.0 cm³/mol. The van der Waals surface area contributed by atoms with Gasteiger partial charge in [0.1, 0.15) is 0 Å². The predicted octanol–water partition coefficient (Wildman–Crippen LogP) is 3.44. The Balaban J connectivity index is 2.11. The summed E-state index contributed by atoms with van der Waals surface area (Å²) in [6.07, 6.45) is 2.62. The molecule has 19 heavy (non-hydrogen) atoms. The first-order chi connectivity index (χ1) is 9.09. The standard InChI is InChI=1S/C17H28N2/c1-13(2)17(19-11-9-14(3)10-12-19)16(18)15-7-5-4-6-8-15/h4-8,13-14,16-17H,9-12,18H2,1-3H3. The van der Waals surface area contributed by atoms with E-state index in [2.05, 4.69) is 56.0 Å². The molecule has 1 aliphatic rings. The average molecular weight is 260 g/mol. The van der Waals surface area contributed by atoms with Crippen molar-refractivity contribution in [2.24, 2.45) is 17.6 Å². The zero-order valence-electron chi connectivity index (χ0n) is 12.5. The van der Waals surface area contributed by atoms with Crippen molar-refractivity contribution in [3.8, 4) is 0 Å². The van der Waals surface area contributed by atoms with E-state index in [1.807, 2.05) is 0 Å². The molecule has 0 radical (unpaired) electrons. The van der Waals surface area contributed by atoms with Crippen LogP contribution in [0.25, 0.3) is 0 Å². The van der Waals surface area contributed by atoms with Crippen molar-refractivity contribution < 1.29 is 0 Å². The molecule has 1 heterocycles. The van der Waals surface area contributed by atoms with Crippen LogP contribution < -0.4 is 5.73 Å². The zero-order chi connectivity index (χ0) is 13.8. The van der Waals surface area contributed by atoms with Crippen LogP contribution in [0.1, 0.15) is 45.2 Å². The maximum Gasteiger partial charge on any atom is 0.0455 e. The number of likely N-dealkylation sites (tertiary alicyclic amines) is 1. The van der Waals surface area contributed by atoms with E-state index in [4.69, 9.17) is 5.73 Å². The first-order valence-corrected chi connectivity index (χ1v) is 7.64. The van der Waals surface area contributed by atoms with Crippen molar-refractivity contribution in [2.45, 2.75) is 45.7 Å². The molecule has 0 saturated carbocycles. The Morgan fingerprint density at radius 3 is 2.21 bits per heavy atom. The summed E-state index contributed by atoms with van der Waals surface area (Å²) in [7, 11) is 0. The normalized spacial score (nSPS) is 21.5. The Kier molecular flexibility index (Phi) is 5.00. The molecule has 2 atom stereocenters. The van der Waals surface area contributed by atoms with Crippen LogP contribution in [0.4, 0.5) is 0 Å². The Morgan fingerprint density at radius 1 is 1.11 bits per heavy atom. The largest absolute Gasteiger partial charge is 0.323 e. The molecule has 1 aromatic rings. The summed E-state index contributed by atoms with van der Waals surface area (Å²) in [4.78, 5) is 2.61. The lowest BCUT2D eigenvalue weighted by molar-refractivity contribution is 0.0903. The fourth-order valence-corrected chi connectivity index (χ4v) is 3.26. The summed E-state index contributed by atoms with van der Waals surface area (Å²) in [5.74, 6) is 1.46. The number of hydrogen-bond acceptors (Lipinski definition) is 2. The van der Waals surface area contributed by atoms with Gasteiger partial charge in [0.25, 0.3) is 0 Å². The van der Waals surface area contributed by atoms with Crippen LogP contribution in [0.15, 0.2) is 30.3 Å². The monoisotopic (exact) mass is 260 g/mol. The van der Waals surface area contributed by atoms with E-state index in [1.54, 1.807) is 0 Å². The summed E-state index contributed by atoms with van der Waals surface area (Å²) in [6.45, 7) is 9.35. The highest BCUT2D eigenvalue weighted by Gasteiger charge is 2.30. The minimum Gasteiger partial charge on any atom is -0.323 e. The first kappa shape index (κ1) is 14.5. The van der Waals surface area contributed by atoms with Gasteiger partial charge >= 0.3 is 0 Å². The highest BCUT2D eigenvalue weighted by atomic mass is 15.2. The van der Waals surface area contributed by atoms with E-state index in [0.717, 1.165) is 5.92 Å². The summed E-state index contributed by atoms with van der Waals surface area (Å²) in [6, 6.07) is 11.1. The molecule has 2 rings (SSSR count). The van der Waals surface area contributed by atoms with E-state index in [-0.39, 0.29) is 6.04 Å². The molecule has 1 aliphatic heterocycles. The van der Waals surface area contributed by atoms with Crippen LogP contribution in [0.3, 0.4) is 0 Å². The fraction of sp³-hybridized carbons (Fsp3) is 0.647. The number of hydrogen-bond donors (Lipinski definition) is 1. The SMILES string of the molecule is CC1CCN(C(C(C)C)C(N)c2ccccc2)CC1. The molecular formula is C17H28N2. The smallest absolute Gasteiger partial charge is 0.0455 e. The van der Waals surface area contributed by atoms with Gasteiger partial charge in [-0.25, -0.2) is 0 Å². The molecule has 0 spiro atoms. The quantitative estimate of drug-likeness (QED) is 0.898. The van der Waals surface area contributed by atoms with Crippen molar-refractivity contribution in [3.05, 3.63) is 35.9 Å². The second kappa shape index (κ2) is 6.53. The van der Waals surface area contributed by atoms with Crippen molar-refractivity contribution in [1.29, 1.82) is 0 Å². The molecule has 0 aromatic heterocycles. The number of nitrogens with two attached hydrogens (primary N) is 1. The molecule has 2 N–H and O–H groups in total. The van der Waals surface area contributed by atoms with E-state index >= 15 is 0 Å². The average Bonchev–Trinajstić information content (AvgIpc) is 2.42. The molecule has 2 unspecified atom stereocenters. The molecule has 0 aliphatic carbocycles. The Morgan fingerprint density at radius 2 is 1.68 bits per heavy atom. The number of benzene rings is 1. The molecule has 1 saturated heterocycles. The lowest BCUT2D eigenvalue weighted by Gasteiger charge is -2.41. The second-order valence-electron chi connectivity index (χ2n) is 6.39. The highest BCUT2D eigenvalue weighted by molar-refractivity contribution is 5.20. The summed E-state index contributed by atoms with van der Waals surface area (Å²) in [5.41, 5.74) is 7.83. The number of rotatable bonds is 4. The van der Waals surface area contributed by atoms with Gasteiger partial charge in [0.15, 0.2) is 0 Å². The second-order valence-corrected chi connectivity index (χ2v) is 6.39. The van der Waals surface area contributed by atoms with Gasteiger partial charge in [-0.3, -0.25) is 4.90 Å². The van der Waals surface area contributed by atoms with Gasteiger partial charge in [-0.15, -0.1) is 0 Å². The molecule has 106 valence electrons. The van der Waals surface area contributed by atoms with Gasteiger partial charge < -0.3 is 5.73 Å². The van der Waals surface area contributed by atoms with Crippen LogP contribution in [0.2, 0.25) is 0 Å². The number of nitrogens with zero attached hydrogens (tertiary/aromatic N) is 1. The third-order valence-corrected chi connectivity index (χ3v) is 4.48. The van der Waals surface area contributed by atoms with E-state index in [0.29, 0.717) is 12.0 Å². The summed E-state index contributed by atoms with van der Waals surface area (Å²) < 4.78 is 0. The van der Waals surface area contributed by atoms with Gasteiger partial charge in [0.2, 0.25) is 0 Å². The first-order valence-electron chi connectivity index (χ1n) is 7.64.